The van der Waals surface area contributed by atoms with Crippen LogP contribution >= 0.6 is 50.2 Å². The minimum atomic E-state index is -3.79. The summed E-state index contributed by atoms with van der Waals surface area (Å²) in [5, 5.41) is 0. The van der Waals surface area contributed by atoms with Crippen LogP contribution in [0.2, 0.25) is 4.34 Å². The van der Waals surface area contributed by atoms with Crippen molar-refractivity contribution in [2.45, 2.75) is 29.5 Å². The van der Waals surface area contributed by atoms with E-state index in [1.807, 2.05) is 29.8 Å². The monoisotopic (exact) mass is 533 g/mol. The molecule has 1 fully saturated rings. The summed E-state index contributed by atoms with van der Waals surface area (Å²) in [6.45, 7) is 0.301. The molecule has 1 aromatic carbocycles. The van der Waals surface area contributed by atoms with E-state index in [0.717, 1.165) is 32.4 Å². The van der Waals surface area contributed by atoms with E-state index in [1.54, 1.807) is 6.07 Å². The van der Waals surface area contributed by atoms with Crippen LogP contribution in [-0.4, -0.2) is 35.8 Å². The van der Waals surface area contributed by atoms with Gasteiger partial charge in [-0.05, 0) is 43.2 Å². The topological polar surface area (TPSA) is 71.7 Å². The third kappa shape index (κ3) is 4.11. The van der Waals surface area contributed by atoms with Crippen molar-refractivity contribution in [1.29, 1.82) is 0 Å². The van der Waals surface area contributed by atoms with Gasteiger partial charge in [0.1, 0.15) is 10.3 Å². The molecule has 1 amide bonds. The standard InChI is InChI=1S/C18H17BrClN3O3S3/c1-22-12-6-5-11(19)10-14(12)27-18(22)21-17(24)13-4-2-3-9-23(13)29(25,26)16-8-7-15(20)28-16/h5-8,10,13H,2-4,9H2,1H3. The lowest BCUT2D eigenvalue weighted by molar-refractivity contribution is -0.122. The number of nitrogens with zero attached hydrogens (tertiary/aromatic N) is 3. The number of amides is 1. The minimum absolute atomic E-state index is 0.152. The van der Waals surface area contributed by atoms with Crippen LogP contribution in [0.25, 0.3) is 10.2 Å². The van der Waals surface area contributed by atoms with Crippen LogP contribution in [0.3, 0.4) is 0 Å². The van der Waals surface area contributed by atoms with Crippen molar-refractivity contribution in [3.63, 3.8) is 0 Å². The third-order valence-corrected chi connectivity index (χ3v) is 10.0. The Morgan fingerprint density at radius 2 is 2.03 bits per heavy atom. The molecule has 2 aromatic heterocycles. The van der Waals surface area contributed by atoms with Gasteiger partial charge in [-0.1, -0.05) is 45.3 Å². The molecule has 154 valence electrons. The molecule has 1 atom stereocenters. The fourth-order valence-electron chi connectivity index (χ4n) is 3.37. The van der Waals surface area contributed by atoms with Gasteiger partial charge in [0.15, 0.2) is 4.80 Å². The highest BCUT2D eigenvalue weighted by molar-refractivity contribution is 9.10. The second kappa shape index (κ2) is 8.24. The van der Waals surface area contributed by atoms with Gasteiger partial charge in [0.2, 0.25) is 0 Å². The Hall–Kier alpha value is -1.04. The number of carbonyl (C=O) groups is 1. The molecule has 0 spiro atoms. The SMILES string of the molecule is Cn1c(=NC(=O)C2CCCCN2S(=O)(=O)c2ccc(Cl)s2)sc2cc(Br)ccc21. The predicted molar refractivity (Wildman–Crippen MR) is 120 cm³/mol. The number of hydrogen-bond acceptors (Lipinski definition) is 5. The Morgan fingerprint density at radius 3 is 2.76 bits per heavy atom. The Labute approximate surface area is 189 Å². The quantitative estimate of drug-likeness (QED) is 0.500. The molecule has 3 aromatic rings. The molecule has 6 nitrogen and oxygen atoms in total. The Morgan fingerprint density at radius 1 is 1.24 bits per heavy atom. The lowest BCUT2D eigenvalue weighted by Crippen LogP contribution is -2.47. The molecule has 0 aliphatic carbocycles. The van der Waals surface area contributed by atoms with Crippen molar-refractivity contribution >= 4 is 76.4 Å². The van der Waals surface area contributed by atoms with Crippen LogP contribution in [0.1, 0.15) is 19.3 Å². The second-order valence-corrected chi connectivity index (χ2v) is 12.4. The van der Waals surface area contributed by atoms with Crippen LogP contribution < -0.4 is 4.80 Å². The number of aryl methyl sites for hydroxylation is 1. The van der Waals surface area contributed by atoms with Gasteiger partial charge >= 0.3 is 0 Å². The van der Waals surface area contributed by atoms with Crippen LogP contribution in [0.5, 0.6) is 0 Å². The molecule has 0 N–H and O–H groups in total. The average molecular weight is 535 g/mol. The number of thiophene rings is 1. The van der Waals surface area contributed by atoms with Crippen molar-refractivity contribution in [3.8, 4) is 0 Å². The van der Waals surface area contributed by atoms with Crippen molar-refractivity contribution in [1.82, 2.24) is 8.87 Å². The van der Waals surface area contributed by atoms with Crippen LogP contribution in [0, 0.1) is 0 Å². The molecule has 0 radical (unpaired) electrons. The highest BCUT2D eigenvalue weighted by atomic mass is 79.9. The van der Waals surface area contributed by atoms with Crippen molar-refractivity contribution in [2.75, 3.05) is 6.54 Å². The summed E-state index contributed by atoms with van der Waals surface area (Å²) in [4.78, 5) is 17.9. The maximum atomic E-state index is 13.1. The molecule has 1 aliphatic heterocycles. The van der Waals surface area contributed by atoms with Crippen LogP contribution in [0.15, 0.2) is 44.0 Å². The zero-order valence-electron chi connectivity index (χ0n) is 15.3. The van der Waals surface area contributed by atoms with Gasteiger partial charge < -0.3 is 4.57 Å². The fourth-order valence-corrected chi connectivity index (χ4v) is 8.21. The van der Waals surface area contributed by atoms with Gasteiger partial charge in [0, 0.05) is 18.1 Å². The fraction of sp³-hybridized carbons (Fsp3) is 0.333. The van der Waals surface area contributed by atoms with E-state index >= 15 is 0 Å². The first-order valence-electron chi connectivity index (χ1n) is 8.88. The molecule has 0 saturated carbocycles. The van der Waals surface area contributed by atoms with E-state index in [-0.39, 0.29) is 4.21 Å². The summed E-state index contributed by atoms with van der Waals surface area (Å²) >= 11 is 11.8. The zero-order valence-corrected chi connectivity index (χ0v) is 20.1. The number of benzene rings is 1. The number of halogens is 2. The van der Waals surface area contributed by atoms with E-state index in [9.17, 15) is 13.2 Å². The number of piperidine rings is 1. The number of aromatic nitrogens is 1. The smallest absolute Gasteiger partial charge is 0.266 e. The summed E-state index contributed by atoms with van der Waals surface area (Å²) in [6.07, 6.45) is 1.96. The number of thiazole rings is 1. The first-order chi connectivity index (χ1) is 13.8. The van der Waals surface area contributed by atoms with E-state index in [2.05, 4.69) is 20.9 Å². The molecule has 1 aliphatic rings. The number of sulfonamides is 1. The number of carbonyl (C=O) groups excluding carboxylic acids is 1. The zero-order chi connectivity index (χ0) is 20.8. The molecule has 0 bridgehead atoms. The molecular formula is C18H17BrClN3O3S3. The Balaban J connectivity index is 1.71. The maximum absolute atomic E-state index is 13.1. The highest BCUT2D eigenvalue weighted by Gasteiger charge is 2.38. The molecule has 29 heavy (non-hydrogen) atoms. The lowest BCUT2D eigenvalue weighted by Gasteiger charge is -2.31. The summed E-state index contributed by atoms with van der Waals surface area (Å²) in [5.74, 6) is -0.433. The van der Waals surface area contributed by atoms with E-state index in [0.29, 0.717) is 28.5 Å². The number of hydrogen-bond donors (Lipinski definition) is 0. The summed E-state index contributed by atoms with van der Waals surface area (Å²) in [5.41, 5.74) is 0.964. The third-order valence-electron chi connectivity index (χ3n) is 4.83. The van der Waals surface area contributed by atoms with E-state index in [4.69, 9.17) is 11.6 Å². The van der Waals surface area contributed by atoms with E-state index < -0.39 is 22.0 Å². The van der Waals surface area contributed by atoms with E-state index in [1.165, 1.54) is 21.7 Å². The molecule has 3 heterocycles. The van der Waals surface area contributed by atoms with Gasteiger partial charge in [0.05, 0.1) is 14.6 Å². The summed E-state index contributed by atoms with van der Waals surface area (Å²) in [7, 11) is -1.94. The van der Waals surface area contributed by atoms with Crippen molar-refractivity contribution in [2.24, 2.45) is 12.0 Å². The van der Waals surface area contributed by atoms with Gasteiger partial charge in [-0.2, -0.15) is 9.30 Å². The first kappa shape index (κ1) is 21.2. The molecular weight excluding hydrogens is 518 g/mol. The van der Waals surface area contributed by atoms with Gasteiger partial charge in [-0.3, -0.25) is 4.79 Å². The van der Waals surface area contributed by atoms with Crippen molar-refractivity contribution < 1.29 is 13.2 Å². The highest BCUT2D eigenvalue weighted by Crippen LogP contribution is 2.32. The average Bonchev–Trinajstić information content (AvgIpc) is 3.26. The summed E-state index contributed by atoms with van der Waals surface area (Å²) in [6, 6.07) is 8.10. The Kier molecular flexibility index (Phi) is 6.02. The number of fused-ring (bicyclic) bond motifs is 1. The normalized spacial score (nSPS) is 19.1. The van der Waals surface area contributed by atoms with Crippen LogP contribution in [-0.2, 0) is 21.9 Å². The predicted octanol–water partition coefficient (Wildman–Crippen LogP) is 4.39. The molecule has 11 heteroatoms. The first-order valence-corrected chi connectivity index (χ1v) is 13.1. The molecule has 1 unspecified atom stereocenters. The Bertz CT molecular complexity index is 1260. The summed E-state index contributed by atoms with van der Waals surface area (Å²) < 4.78 is 31.8. The molecule has 1 saturated heterocycles. The maximum Gasteiger partial charge on any atom is 0.266 e. The van der Waals surface area contributed by atoms with Gasteiger partial charge in [-0.25, -0.2) is 8.42 Å². The van der Waals surface area contributed by atoms with Gasteiger partial charge in [-0.15, -0.1) is 11.3 Å². The largest absolute Gasteiger partial charge is 0.319 e. The van der Waals surface area contributed by atoms with Crippen molar-refractivity contribution in [3.05, 3.63) is 43.9 Å². The van der Waals surface area contributed by atoms with Gasteiger partial charge in [0.25, 0.3) is 15.9 Å². The number of rotatable bonds is 3. The van der Waals surface area contributed by atoms with Crippen LogP contribution in [0.4, 0.5) is 0 Å². The lowest BCUT2D eigenvalue weighted by atomic mass is 10.0. The second-order valence-electron chi connectivity index (χ2n) is 6.69. The molecule has 4 rings (SSSR count). The minimum Gasteiger partial charge on any atom is -0.319 e.